The lowest BCUT2D eigenvalue weighted by atomic mass is 10.1. The molecule has 0 N–H and O–H groups in total. The third-order valence-electron chi connectivity index (χ3n) is 7.00. The number of carbonyl (C=O) groups excluding carboxylic acids is 1. The van der Waals surface area contributed by atoms with Crippen LogP contribution in [-0.2, 0) is 11.3 Å². The number of aromatic nitrogens is 3. The van der Waals surface area contributed by atoms with Crippen LogP contribution in [0.2, 0.25) is 5.02 Å². The van der Waals surface area contributed by atoms with E-state index in [1.807, 2.05) is 36.5 Å². The van der Waals surface area contributed by atoms with E-state index in [0.29, 0.717) is 29.7 Å². The van der Waals surface area contributed by atoms with Crippen LogP contribution in [0.1, 0.15) is 37.8 Å². The molecule has 2 aromatic heterocycles. The fourth-order valence-electron chi connectivity index (χ4n) is 5.34. The van der Waals surface area contributed by atoms with E-state index in [1.54, 1.807) is 6.20 Å². The molecule has 6 nitrogen and oxygen atoms in total. The Kier molecular flexibility index (Phi) is 4.73. The molecule has 3 aliphatic rings. The number of benzene rings is 1. The minimum absolute atomic E-state index is 0.348. The van der Waals surface area contributed by atoms with Crippen molar-refractivity contribution in [2.75, 3.05) is 13.1 Å². The van der Waals surface area contributed by atoms with Crippen LogP contribution in [0.25, 0.3) is 17.0 Å². The highest BCUT2D eigenvalue weighted by Crippen LogP contribution is 2.37. The number of piperazine rings is 1. The number of likely N-dealkylation sites (tertiary alicyclic amines) is 1. The lowest BCUT2D eigenvalue weighted by Gasteiger charge is -2.41. The Morgan fingerprint density at radius 2 is 1.81 bits per heavy atom. The van der Waals surface area contributed by atoms with Crippen molar-refractivity contribution in [3.8, 4) is 11.3 Å². The summed E-state index contributed by atoms with van der Waals surface area (Å²) in [7, 11) is 0. The van der Waals surface area contributed by atoms with Crippen LogP contribution in [-0.4, -0.2) is 55.2 Å². The van der Waals surface area contributed by atoms with Gasteiger partial charge in [0.2, 0.25) is 11.7 Å². The fourth-order valence-corrected chi connectivity index (χ4v) is 5.46. The number of amides is 1. The number of carbonyl (C=O) groups is 1. The number of nitrogens with zero attached hydrogens (tertiary/aromatic N) is 5. The van der Waals surface area contributed by atoms with Gasteiger partial charge in [-0.3, -0.25) is 14.1 Å². The zero-order valence-corrected chi connectivity index (χ0v) is 18.2. The highest BCUT2D eigenvalue weighted by Gasteiger charge is 2.43. The van der Waals surface area contributed by atoms with Gasteiger partial charge in [-0.05, 0) is 49.8 Å². The first-order valence-corrected chi connectivity index (χ1v) is 11.6. The molecule has 2 aliphatic heterocycles. The summed E-state index contributed by atoms with van der Waals surface area (Å²) < 4.78 is 2.09. The van der Waals surface area contributed by atoms with Gasteiger partial charge >= 0.3 is 0 Å². The highest BCUT2D eigenvalue weighted by atomic mass is 35.5. The maximum Gasteiger partial charge on any atom is 0.234 e. The molecule has 0 radical (unpaired) electrons. The van der Waals surface area contributed by atoms with Crippen molar-refractivity contribution in [1.82, 2.24) is 24.2 Å². The fraction of sp³-hybridized carbons (Fsp3) is 0.458. The van der Waals surface area contributed by atoms with Crippen LogP contribution in [0.5, 0.6) is 0 Å². The lowest BCUT2D eigenvalue weighted by Crippen LogP contribution is -2.55. The second-order valence-corrected chi connectivity index (χ2v) is 9.67. The Hall–Kier alpha value is -2.44. The van der Waals surface area contributed by atoms with Crippen LogP contribution in [0.15, 0.2) is 42.7 Å². The zero-order valence-electron chi connectivity index (χ0n) is 17.5. The summed E-state index contributed by atoms with van der Waals surface area (Å²) in [5.74, 6) is 1.75. The molecule has 2 saturated heterocycles. The van der Waals surface area contributed by atoms with Crippen molar-refractivity contribution >= 4 is 23.3 Å². The molecule has 3 fully saturated rings. The number of imidazole rings is 1. The molecule has 0 spiro atoms. The van der Waals surface area contributed by atoms with Gasteiger partial charge in [-0.2, -0.15) is 0 Å². The molecule has 2 bridgehead atoms. The van der Waals surface area contributed by atoms with E-state index < -0.39 is 0 Å². The summed E-state index contributed by atoms with van der Waals surface area (Å²) in [6, 6.07) is 10.5. The number of halogens is 1. The first kappa shape index (κ1) is 19.3. The van der Waals surface area contributed by atoms with Crippen molar-refractivity contribution in [1.29, 1.82) is 0 Å². The van der Waals surface area contributed by atoms with E-state index in [4.69, 9.17) is 16.6 Å². The Labute approximate surface area is 186 Å². The van der Waals surface area contributed by atoms with E-state index in [-0.39, 0.29) is 0 Å². The second-order valence-electron chi connectivity index (χ2n) is 9.23. The monoisotopic (exact) mass is 435 g/mol. The van der Waals surface area contributed by atoms with E-state index in [0.717, 1.165) is 60.9 Å². The van der Waals surface area contributed by atoms with Gasteiger partial charge in [-0.15, -0.1) is 0 Å². The van der Waals surface area contributed by atoms with Crippen LogP contribution in [0.3, 0.4) is 0 Å². The zero-order chi connectivity index (χ0) is 20.9. The van der Waals surface area contributed by atoms with Crippen molar-refractivity contribution in [3.63, 3.8) is 0 Å². The van der Waals surface area contributed by atoms with Gasteiger partial charge in [0.25, 0.3) is 0 Å². The molecule has 4 heterocycles. The van der Waals surface area contributed by atoms with Crippen molar-refractivity contribution in [2.24, 2.45) is 5.92 Å². The number of fused-ring (bicyclic) bond motifs is 3. The van der Waals surface area contributed by atoms with E-state index in [9.17, 15) is 4.79 Å². The first-order valence-electron chi connectivity index (χ1n) is 11.3. The van der Waals surface area contributed by atoms with Gasteiger partial charge in [-0.25, -0.2) is 9.97 Å². The average molecular weight is 436 g/mol. The third kappa shape index (κ3) is 3.62. The van der Waals surface area contributed by atoms with Gasteiger partial charge < -0.3 is 4.90 Å². The van der Waals surface area contributed by atoms with Gasteiger partial charge in [-0.1, -0.05) is 23.7 Å². The van der Waals surface area contributed by atoms with Crippen LogP contribution in [0.4, 0.5) is 0 Å². The predicted molar refractivity (Wildman–Crippen MR) is 120 cm³/mol. The van der Waals surface area contributed by atoms with Crippen molar-refractivity contribution < 1.29 is 4.79 Å². The van der Waals surface area contributed by atoms with E-state index in [1.165, 1.54) is 12.8 Å². The van der Waals surface area contributed by atoms with Gasteiger partial charge in [0, 0.05) is 61.1 Å². The minimum atomic E-state index is 0.348. The maximum absolute atomic E-state index is 12.8. The van der Waals surface area contributed by atoms with Gasteiger partial charge in [0.15, 0.2) is 0 Å². The van der Waals surface area contributed by atoms with Crippen molar-refractivity contribution in [3.05, 3.63) is 53.4 Å². The smallest absolute Gasteiger partial charge is 0.234 e. The minimum Gasteiger partial charge on any atom is -0.334 e. The van der Waals surface area contributed by atoms with E-state index in [2.05, 4.69) is 19.2 Å². The molecule has 1 aromatic carbocycles. The molecule has 1 amide bonds. The van der Waals surface area contributed by atoms with E-state index >= 15 is 0 Å². The Bertz CT molecular complexity index is 1110. The molecular formula is C24H26ClN5O. The number of rotatable bonds is 5. The summed E-state index contributed by atoms with van der Waals surface area (Å²) in [4.78, 5) is 26.9. The van der Waals surface area contributed by atoms with Crippen LogP contribution < -0.4 is 0 Å². The Morgan fingerprint density at radius 1 is 1.06 bits per heavy atom. The summed E-state index contributed by atoms with van der Waals surface area (Å²) in [5.41, 5.74) is 3.14. The third-order valence-corrected chi connectivity index (χ3v) is 7.25. The molecule has 2 unspecified atom stereocenters. The predicted octanol–water partition coefficient (Wildman–Crippen LogP) is 4.03. The van der Waals surface area contributed by atoms with Crippen molar-refractivity contribution in [2.45, 2.75) is 50.7 Å². The Balaban J connectivity index is 1.27. The number of hydrogen-bond donors (Lipinski definition) is 0. The highest BCUT2D eigenvalue weighted by molar-refractivity contribution is 6.30. The Morgan fingerprint density at radius 3 is 2.52 bits per heavy atom. The molecule has 6 rings (SSSR count). The second kappa shape index (κ2) is 7.61. The lowest BCUT2D eigenvalue weighted by molar-refractivity contribution is -0.137. The molecule has 160 valence electrons. The summed E-state index contributed by atoms with van der Waals surface area (Å²) in [6.07, 6.45) is 9.28. The molecule has 1 saturated carbocycles. The summed E-state index contributed by atoms with van der Waals surface area (Å²) >= 11 is 6.11. The topological polar surface area (TPSA) is 53.7 Å². The number of hydrogen-bond acceptors (Lipinski definition) is 4. The molecule has 31 heavy (non-hydrogen) atoms. The molecule has 7 heteroatoms. The SMILES string of the molecule is O=C(CC1CC1)N1C2CCC1CN(Cc1c(-c3ccc(Cl)cc3)nc3ncccn13)C2. The normalized spacial score (nSPS) is 23.6. The molecular weight excluding hydrogens is 410 g/mol. The average Bonchev–Trinajstić information content (AvgIpc) is 3.45. The van der Waals surface area contributed by atoms with Gasteiger partial charge in [0.05, 0.1) is 11.4 Å². The van der Waals surface area contributed by atoms with Crippen LogP contribution >= 0.6 is 11.6 Å². The van der Waals surface area contributed by atoms with Gasteiger partial charge in [0.1, 0.15) is 0 Å². The summed E-state index contributed by atoms with van der Waals surface area (Å²) in [5, 5.41) is 0.718. The largest absolute Gasteiger partial charge is 0.334 e. The van der Waals surface area contributed by atoms with Crippen LogP contribution in [0, 0.1) is 5.92 Å². The maximum atomic E-state index is 12.8. The standard InChI is InChI=1S/C24H26ClN5O/c25-18-6-4-17(5-7-18)23-21(29-11-1-10-26-24(29)27-23)15-28-13-19-8-9-20(14-28)30(19)22(31)12-16-2-3-16/h1,4-7,10-11,16,19-20H,2-3,8-9,12-15H2. The molecule has 2 atom stereocenters. The molecule has 3 aromatic rings. The molecule has 1 aliphatic carbocycles. The first-order chi connectivity index (χ1) is 15.2. The quantitative estimate of drug-likeness (QED) is 0.607. The summed E-state index contributed by atoms with van der Waals surface area (Å²) in [6.45, 7) is 2.66.